The summed E-state index contributed by atoms with van der Waals surface area (Å²) in [7, 11) is 3.07. The molecule has 7 heteroatoms. The number of fused-ring (bicyclic) bond motifs is 1. The van der Waals surface area contributed by atoms with Gasteiger partial charge in [-0.05, 0) is 68.0 Å². The highest BCUT2D eigenvalue weighted by Crippen LogP contribution is 2.31. The van der Waals surface area contributed by atoms with Crippen molar-refractivity contribution in [3.8, 4) is 5.88 Å². The van der Waals surface area contributed by atoms with Gasteiger partial charge < -0.3 is 14.0 Å². The Hall–Kier alpha value is -3.45. The summed E-state index contributed by atoms with van der Waals surface area (Å²) in [5.41, 5.74) is 5.60. The molecule has 3 aromatic rings. The van der Waals surface area contributed by atoms with Crippen LogP contribution in [0.15, 0.2) is 66.2 Å². The molecule has 0 saturated carbocycles. The third-order valence-electron chi connectivity index (χ3n) is 7.15. The van der Waals surface area contributed by atoms with Gasteiger partial charge in [-0.25, -0.2) is 14.8 Å². The fourth-order valence-electron chi connectivity index (χ4n) is 5.09. The third kappa shape index (κ3) is 5.30. The van der Waals surface area contributed by atoms with Crippen molar-refractivity contribution in [3.63, 3.8) is 0 Å². The number of likely N-dealkylation sites (tertiary alicyclic amines) is 1. The molecule has 7 nitrogen and oxygen atoms in total. The van der Waals surface area contributed by atoms with Gasteiger partial charge in [0.05, 0.1) is 14.2 Å². The number of hydrogen-bond donors (Lipinski definition) is 0. The average molecular weight is 473 g/mol. The average Bonchev–Trinajstić information content (AvgIpc) is 3.31. The molecule has 0 unspecified atom stereocenters. The summed E-state index contributed by atoms with van der Waals surface area (Å²) < 4.78 is 12.2. The lowest BCUT2D eigenvalue weighted by Gasteiger charge is -2.32. The van der Waals surface area contributed by atoms with Crippen molar-refractivity contribution < 1.29 is 14.3 Å². The van der Waals surface area contributed by atoms with E-state index in [9.17, 15) is 4.79 Å². The van der Waals surface area contributed by atoms with Crippen molar-refractivity contribution in [1.29, 1.82) is 0 Å². The van der Waals surface area contributed by atoms with Crippen molar-refractivity contribution in [3.05, 3.63) is 77.3 Å². The van der Waals surface area contributed by atoms with E-state index in [1.165, 1.54) is 29.2 Å². The standard InChI is InChI=1S/C28H32N4O3/c1-34-26-8-5-21(16-29-26)18-31-12-9-22(10-13-31)25-15-24-11-14-32(27(24)30-17-25)19-20-3-6-23(7-4-20)28(33)35-2/h3,5-6,8,11,14-17,22H,4,7,9-10,12-13,18-19H2,1-2H3. The molecular weight excluding hydrogens is 440 g/mol. The second-order valence-corrected chi connectivity index (χ2v) is 9.39. The highest BCUT2D eigenvalue weighted by Gasteiger charge is 2.22. The molecule has 0 spiro atoms. The maximum Gasteiger partial charge on any atom is 0.333 e. The predicted molar refractivity (Wildman–Crippen MR) is 135 cm³/mol. The van der Waals surface area contributed by atoms with Crippen LogP contribution < -0.4 is 4.74 Å². The molecule has 2 aliphatic rings. The van der Waals surface area contributed by atoms with E-state index < -0.39 is 0 Å². The minimum atomic E-state index is -0.232. The highest BCUT2D eigenvalue weighted by molar-refractivity contribution is 5.89. The van der Waals surface area contributed by atoms with E-state index in [1.807, 2.05) is 24.4 Å². The van der Waals surface area contributed by atoms with Crippen molar-refractivity contribution in [1.82, 2.24) is 19.4 Å². The molecule has 1 saturated heterocycles. The molecule has 0 amide bonds. The number of piperidine rings is 1. The van der Waals surface area contributed by atoms with Gasteiger partial charge in [0.25, 0.3) is 0 Å². The van der Waals surface area contributed by atoms with Gasteiger partial charge in [0.15, 0.2) is 0 Å². The number of pyridine rings is 2. The van der Waals surface area contributed by atoms with E-state index in [0.29, 0.717) is 11.8 Å². The van der Waals surface area contributed by atoms with Gasteiger partial charge in [-0.2, -0.15) is 0 Å². The topological polar surface area (TPSA) is 69.5 Å². The molecule has 3 aromatic heterocycles. The van der Waals surface area contributed by atoms with Gasteiger partial charge in [-0.1, -0.05) is 23.8 Å². The summed E-state index contributed by atoms with van der Waals surface area (Å²) in [6.45, 7) is 3.87. The second kappa shape index (κ2) is 10.4. The second-order valence-electron chi connectivity index (χ2n) is 9.39. The number of hydrogen-bond acceptors (Lipinski definition) is 6. The Kier molecular flexibility index (Phi) is 6.95. The zero-order valence-corrected chi connectivity index (χ0v) is 20.4. The largest absolute Gasteiger partial charge is 0.481 e. The number of carbonyl (C=O) groups excluding carboxylic acids is 1. The van der Waals surface area contributed by atoms with Crippen LogP contribution in [0.5, 0.6) is 5.88 Å². The lowest BCUT2D eigenvalue weighted by atomic mass is 9.90. The Balaban J connectivity index is 1.20. The van der Waals surface area contributed by atoms with Crippen molar-refractivity contribution in [2.45, 2.75) is 44.7 Å². The van der Waals surface area contributed by atoms with E-state index in [0.717, 1.165) is 63.1 Å². The molecule has 1 aliphatic carbocycles. The molecule has 0 bridgehead atoms. The number of aromatic nitrogens is 3. The third-order valence-corrected chi connectivity index (χ3v) is 7.15. The summed E-state index contributed by atoms with van der Waals surface area (Å²) in [5, 5.41) is 1.19. The first-order chi connectivity index (χ1) is 17.1. The molecule has 35 heavy (non-hydrogen) atoms. The molecule has 0 N–H and O–H groups in total. The molecular formula is C28H32N4O3. The fraction of sp³-hybridized carbons (Fsp3) is 0.393. The van der Waals surface area contributed by atoms with Crippen LogP contribution in [0, 0.1) is 0 Å². The monoisotopic (exact) mass is 472 g/mol. The van der Waals surface area contributed by atoms with Gasteiger partial charge in [0, 0.05) is 48.7 Å². The van der Waals surface area contributed by atoms with Crippen LogP contribution in [0.1, 0.15) is 42.7 Å². The minimum absolute atomic E-state index is 0.232. The maximum atomic E-state index is 11.7. The normalized spacial score (nSPS) is 17.2. The van der Waals surface area contributed by atoms with Crippen molar-refractivity contribution in [2.24, 2.45) is 0 Å². The zero-order chi connectivity index (χ0) is 24.2. The Morgan fingerprint density at radius 1 is 1.03 bits per heavy atom. The highest BCUT2D eigenvalue weighted by atomic mass is 16.5. The molecule has 4 heterocycles. The molecule has 0 aromatic carbocycles. The molecule has 0 atom stereocenters. The first-order valence-electron chi connectivity index (χ1n) is 12.3. The Morgan fingerprint density at radius 2 is 1.89 bits per heavy atom. The van der Waals surface area contributed by atoms with Gasteiger partial charge in [0.1, 0.15) is 5.65 Å². The minimum Gasteiger partial charge on any atom is -0.481 e. The number of allylic oxidation sites excluding steroid dienone is 3. The van der Waals surface area contributed by atoms with Gasteiger partial charge in [-0.15, -0.1) is 0 Å². The molecule has 5 rings (SSSR count). The van der Waals surface area contributed by atoms with E-state index in [-0.39, 0.29) is 5.97 Å². The van der Waals surface area contributed by atoms with E-state index in [1.54, 1.807) is 7.11 Å². The van der Waals surface area contributed by atoms with Gasteiger partial charge >= 0.3 is 5.97 Å². The first kappa shape index (κ1) is 23.3. The maximum absolute atomic E-state index is 11.7. The van der Waals surface area contributed by atoms with Crippen molar-refractivity contribution in [2.75, 3.05) is 27.3 Å². The lowest BCUT2D eigenvalue weighted by Crippen LogP contribution is -2.32. The molecule has 1 fully saturated rings. The quantitative estimate of drug-likeness (QED) is 0.467. The first-order valence-corrected chi connectivity index (χ1v) is 12.3. The number of nitrogens with zero attached hydrogens (tertiary/aromatic N) is 4. The molecule has 1 aliphatic heterocycles. The number of carbonyl (C=O) groups is 1. The summed E-state index contributed by atoms with van der Waals surface area (Å²) in [6, 6.07) is 8.50. The van der Waals surface area contributed by atoms with Crippen LogP contribution in [0.4, 0.5) is 0 Å². The molecule has 0 radical (unpaired) electrons. The number of rotatable bonds is 7. The zero-order valence-electron chi connectivity index (χ0n) is 20.4. The van der Waals surface area contributed by atoms with Crippen LogP contribution in [-0.4, -0.2) is 52.7 Å². The SMILES string of the molecule is COC(=O)C1=CC=C(Cn2ccc3cc(C4CCN(Cc5ccc(OC)nc5)CC4)cnc32)CC1. The number of methoxy groups -OCH3 is 2. The lowest BCUT2D eigenvalue weighted by molar-refractivity contribution is -0.136. The van der Waals surface area contributed by atoms with Crippen LogP contribution in [-0.2, 0) is 22.6 Å². The fourth-order valence-corrected chi connectivity index (χ4v) is 5.09. The number of esters is 1. The Bertz CT molecular complexity index is 1250. The van der Waals surface area contributed by atoms with Crippen LogP contribution in [0.3, 0.4) is 0 Å². The van der Waals surface area contributed by atoms with E-state index in [2.05, 4.69) is 45.0 Å². The van der Waals surface area contributed by atoms with Crippen molar-refractivity contribution >= 4 is 17.0 Å². The number of ether oxygens (including phenoxy) is 2. The summed E-state index contributed by atoms with van der Waals surface area (Å²) in [5.74, 6) is 0.970. The van der Waals surface area contributed by atoms with E-state index in [4.69, 9.17) is 14.5 Å². The predicted octanol–water partition coefficient (Wildman–Crippen LogP) is 4.64. The Morgan fingerprint density at radius 3 is 2.57 bits per heavy atom. The van der Waals surface area contributed by atoms with Crippen LogP contribution >= 0.6 is 0 Å². The summed E-state index contributed by atoms with van der Waals surface area (Å²) >= 11 is 0. The summed E-state index contributed by atoms with van der Waals surface area (Å²) in [4.78, 5) is 23.4. The molecule has 182 valence electrons. The van der Waals surface area contributed by atoms with Gasteiger partial charge in [0.2, 0.25) is 5.88 Å². The summed E-state index contributed by atoms with van der Waals surface area (Å²) in [6.07, 6.45) is 13.9. The van der Waals surface area contributed by atoms with Crippen LogP contribution in [0.25, 0.3) is 11.0 Å². The van der Waals surface area contributed by atoms with Crippen LogP contribution in [0.2, 0.25) is 0 Å². The smallest absolute Gasteiger partial charge is 0.333 e. The van der Waals surface area contributed by atoms with Gasteiger partial charge in [-0.3, -0.25) is 4.90 Å². The van der Waals surface area contributed by atoms with E-state index >= 15 is 0 Å². The Labute approximate surface area is 206 Å².